The number of rotatable bonds is 5. The van der Waals surface area contributed by atoms with Gasteiger partial charge in [-0.1, -0.05) is 54.6 Å². The molecule has 0 bridgehead atoms. The van der Waals surface area contributed by atoms with Crippen molar-refractivity contribution >= 4 is 17.2 Å². The highest BCUT2D eigenvalue weighted by Gasteiger charge is 2.28. The van der Waals surface area contributed by atoms with Crippen LogP contribution < -0.4 is 0 Å². The van der Waals surface area contributed by atoms with Gasteiger partial charge >= 0.3 is 0 Å². The number of amides is 1. The maximum Gasteiger partial charge on any atom is 0.248 e. The van der Waals surface area contributed by atoms with E-state index in [2.05, 4.69) is 34.5 Å². The summed E-state index contributed by atoms with van der Waals surface area (Å²) in [5.74, 6) is 1.43. The molecule has 2 aromatic heterocycles. The molecule has 0 spiro atoms. The van der Waals surface area contributed by atoms with Crippen LogP contribution in [0.1, 0.15) is 30.2 Å². The van der Waals surface area contributed by atoms with Gasteiger partial charge in [-0.05, 0) is 41.0 Å². The predicted octanol–water partition coefficient (Wildman–Crippen LogP) is 5.41. The largest absolute Gasteiger partial charge is 0.420 e. The molecule has 1 unspecified atom stereocenters. The van der Waals surface area contributed by atoms with Crippen molar-refractivity contribution in [3.63, 3.8) is 0 Å². The summed E-state index contributed by atoms with van der Waals surface area (Å²) in [4.78, 5) is 14.9. The third-order valence-corrected chi connectivity index (χ3v) is 6.43. The molecule has 5 rings (SSSR count). The highest BCUT2D eigenvalue weighted by molar-refractivity contribution is 7.08. The van der Waals surface area contributed by atoms with E-state index in [9.17, 15) is 4.79 Å². The minimum absolute atomic E-state index is 0.0954. The van der Waals surface area contributed by atoms with E-state index >= 15 is 0 Å². The molecule has 1 atom stereocenters. The lowest BCUT2D eigenvalue weighted by Gasteiger charge is -2.31. The first-order valence-electron chi connectivity index (χ1n) is 10.5. The summed E-state index contributed by atoms with van der Waals surface area (Å²) >= 11 is 1.60. The number of carbonyl (C=O) groups excluding carboxylic acids is 1. The van der Waals surface area contributed by atoms with E-state index in [4.69, 9.17) is 4.42 Å². The number of nitrogens with zero attached hydrogens (tertiary/aromatic N) is 3. The zero-order valence-electron chi connectivity index (χ0n) is 17.1. The molecule has 1 saturated heterocycles. The fourth-order valence-electron chi connectivity index (χ4n) is 4.04. The molecule has 1 fully saturated rings. The van der Waals surface area contributed by atoms with Crippen LogP contribution in [0.15, 0.2) is 75.8 Å². The Labute approximate surface area is 185 Å². The van der Waals surface area contributed by atoms with Crippen LogP contribution in [0.25, 0.3) is 22.6 Å². The lowest BCUT2D eigenvalue weighted by Crippen LogP contribution is -2.40. The highest BCUT2D eigenvalue weighted by Crippen LogP contribution is 2.29. The average molecular weight is 430 g/mol. The molecular formula is C25H23N3O2S. The summed E-state index contributed by atoms with van der Waals surface area (Å²) in [5.41, 5.74) is 4.32. The van der Waals surface area contributed by atoms with Crippen molar-refractivity contribution in [2.75, 3.05) is 13.1 Å². The first-order chi connectivity index (χ1) is 15.3. The summed E-state index contributed by atoms with van der Waals surface area (Å²) in [5, 5.41) is 12.4. The molecule has 2 aromatic carbocycles. The monoisotopic (exact) mass is 429 g/mol. The molecule has 0 saturated carbocycles. The topological polar surface area (TPSA) is 59.2 Å². The standard InChI is InChI=1S/C25H23N3O2S/c29-23(15-18-8-10-20(11-9-18)19-5-2-1-3-6-19)28-13-4-7-21(16-28)24-26-27-25(30-24)22-12-14-31-17-22/h1-3,5-6,8-12,14,17,21H,4,7,13,15-16H2. The zero-order chi connectivity index (χ0) is 21.0. The third kappa shape index (κ3) is 4.44. The van der Waals surface area contributed by atoms with Gasteiger partial charge < -0.3 is 9.32 Å². The van der Waals surface area contributed by atoms with Gasteiger partial charge in [0.1, 0.15) is 0 Å². The summed E-state index contributed by atoms with van der Waals surface area (Å²) in [6.45, 7) is 1.41. The fraction of sp³-hybridized carbons (Fsp3) is 0.240. The van der Waals surface area contributed by atoms with Crippen LogP contribution in [0.2, 0.25) is 0 Å². The Bertz CT molecular complexity index is 1140. The number of thiophene rings is 1. The molecule has 4 aromatic rings. The molecule has 5 nitrogen and oxygen atoms in total. The van der Waals surface area contributed by atoms with Crippen molar-refractivity contribution < 1.29 is 9.21 Å². The third-order valence-electron chi connectivity index (χ3n) is 5.75. The number of piperidine rings is 1. The Balaban J connectivity index is 1.23. The first-order valence-corrected chi connectivity index (χ1v) is 11.5. The Kier molecular flexibility index (Phi) is 5.63. The molecule has 0 aliphatic carbocycles. The van der Waals surface area contributed by atoms with Crippen molar-refractivity contribution in [3.05, 3.63) is 82.9 Å². The van der Waals surface area contributed by atoms with Crippen LogP contribution in [0.4, 0.5) is 0 Å². The normalized spacial score (nSPS) is 16.4. The molecule has 156 valence electrons. The maximum atomic E-state index is 13.0. The number of likely N-dealkylation sites (tertiary alicyclic amines) is 1. The van der Waals surface area contributed by atoms with Crippen molar-refractivity contribution in [2.45, 2.75) is 25.2 Å². The van der Waals surface area contributed by atoms with Crippen LogP contribution in [0.3, 0.4) is 0 Å². The average Bonchev–Trinajstić information content (AvgIpc) is 3.52. The van der Waals surface area contributed by atoms with Gasteiger partial charge in [-0.15, -0.1) is 10.2 Å². The zero-order valence-corrected chi connectivity index (χ0v) is 17.9. The van der Waals surface area contributed by atoms with E-state index in [1.165, 1.54) is 5.56 Å². The summed E-state index contributed by atoms with van der Waals surface area (Å²) in [6.07, 6.45) is 2.31. The summed E-state index contributed by atoms with van der Waals surface area (Å²) in [7, 11) is 0. The van der Waals surface area contributed by atoms with Gasteiger partial charge in [-0.25, -0.2) is 0 Å². The van der Waals surface area contributed by atoms with E-state index < -0.39 is 0 Å². The maximum absolute atomic E-state index is 13.0. The molecule has 1 aliphatic heterocycles. The number of aromatic nitrogens is 2. The number of carbonyl (C=O) groups is 1. The highest BCUT2D eigenvalue weighted by atomic mass is 32.1. The summed E-state index contributed by atoms with van der Waals surface area (Å²) < 4.78 is 5.92. The van der Waals surface area contributed by atoms with Crippen LogP contribution in [0, 0.1) is 0 Å². The van der Waals surface area contributed by atoms with Crippen LogP contribution in [-0.2, 0) is 11.2 Å². The van der Waals surface area contributed by atoms with Gasteiger partial charge in [0.2, 0.25) is 17.7 Å². The van der Waals surface area contributed by atoms with Crippen molar-refractivity contribution in [1.82, 2.24) is 15.1 Å². The van der Waals surface area contributed by atoms with Gasteiger partial charge in [-0.3, -0.25) is 4.79 Å². The molecular weight excluding hydrogens is 406 g/mol. The number of hydrogen-bond acceptors (Lipinski definition) is 5. The Morgan fingerprint density at radius 1 is 1.00 bits per heavy atom. The van der Waals surface area contributed by atoms with Gasteiger partial charge in [0.15, 0.2) is 0 Å². The van der Waals surface area contributed by atoms with Gasteiger partial charge in [0, 0.05) is 24.0 Å². The Hall–Kier alpha value is -3.25. The fourth-order valence-corrected chi connectivity index (χ4v) is 4.67. The molecule has 3 heterocycles. The predicted molar refractivity (Wildman–Crippen MR) is 122 cm³/mol. The lowest BCUT2D eigenvalue weighted by atomic mass is 9.97. The Morgan fingerprint density at radius 3 is 2.58 bits per heavy atom. The van der Waals surface area contributed by atoms with Crippen molar-refractivity contribution in [1.29, 1.82) is 0 Å². The first kappa shape index (κ1) is 19.7. The van der Waals surface area contributed by atoms with E-state index in [1.54, 1.807) is 11.3 Å². The van der Waals surface area contributed by atoms with Crippen molar-refractivity contribution in [3.8, 4) is 22.6 Å². The second kappa shape index (κ2) is 8.86. The number of benzene rings is 2. The van der Waals surface area contributed by atoms with Crippen LogP contribution >= 0.6 is 11.3 Å². The molecule has 1 aliphatic rings. The van der Waals surface area contributed by atoms with Gasteiger partial charge in [0.25, 0.3) is 0 Å². The van der Waals surface area contributed by atoms with E-state index in [1.807, 2.05) is 52.1 Å². The molecule has 6 heteroatoms. The Morgan fingerprint density at radius 2 is 1.81 bits per heavy atom. The van der Waals surface area contributed by atoms with E-state index in [0.29, 0.717) is 24.7 Å². The minimum atomic E-state index is 0.0954. The quantitative estimate of drug-likeness (QED) is 0.425. The molecule has 1 amide bonds. The smallest absolute Gasteiger partial charge is 0.248 e. The SMILES string of the molecule is O=C(Cc1ccc(-c2ccccc2)cc1)N1CCCC(c2nnc(-c3ccsc3)o2)C1. The van der Waals surface area contributed by atoms with Crippen LogP contribution in [-0.4, -0.2) is 34.1 Å². The number of hydrogen-bond donors (Lipinski definition) is 0. The second-order valence-corrected chi connectivity index (χ2v) is 8.66. The molecule has 31 heavy (non-hydrogen) atoms. The van der Waals surface area contributed by atoms with Gasteiger partial charge in [-0.2, -0.15) is 11.3 Å². The van der Waals surface area contributed by atoms with Crippen molar-refractivity contribution in [2.24, 2.45) is 0 Å². The summed E-state index contributed by atoms with van der Waals surface area (Å²) in [6, 6.07) is 20.5. The lowest BCUT2D eigenvalue weighted by molar-refractivity contribution is -0.131. The minimum Gasteiger partial charge on any atom is -0.420 e. The molecule has 0 radical (unpaired) electrons. The second-order valence-electron chi connectivity index (χ2n) is 7.88. The molecule has 0 N–H and O–H groups in total. The van der Waals surface area contributed by atoms with Crippen LogP contribution in [0.5, 0.6) is 0 Å². The van der Waals surface area contributed by atoms with Gasteiger partial charge in [0.05, 0.1) is 12.3 Å². The van der Waals surface area contributed by atoms with E-state index in [-0.39, 0.29) is 11.8 Å². The van der Waals surface area contributed by atoms with E-state index in [0.717, 1.165) is 36.1 Å².